The average Bonchev–Trinajstić information content (AvgIpc) is 2.53. The summed E-state index contributed by atoms with van der Waals surface area (Å²) in [4.78, 5) is 16.7. The van der Waals surface area contributed by atoms with Crippen molar-refractivity contribution < 1.29 is 9.53 Å². The second kappa shape index (κ2) is 6.75. The molecule has 1 unspecified atom stereocenters. The van der Waals surface area contributed by atoms with Gasteiger partial charge in [-0.05, 0) is 50.7 Å². The highest BCUT2D eigenvalue weighted by Gasteiger charge is 2.32. The molecule has 3 rings (SSSR count). The maximum atomic E-state index is 12.2. The number of nitrogens with zero attached hydrogens (tertiary/aromatic N) is 2. The third-order valence-electron chi connectivity index (χ3n) is 5.10. The lowest BCUT2D eigenvalue weighted by Gasteiger charge is -2.42. The van der Waals surface area contributed by atoms with Gasteiger partial charge in [-0.1, -0.05) is 31.2 Å². The molecule has 1 amide bonds. The number of hydrogen-bond acceptors (Lipinski definition) is 3. The van der Waals surface area contributed by atoms with Crippen molar-refractivity contribution in [1.82, 2.24) is 9.80 Å². The molecule has 0 N–H and O–H groups in total. The Kier molecular flexibility index (Phi) is 4.86. The quantitative estimate of drug-likeness (QED) is 0.780. The van der Waals surface area contributed by atoms with E-state index in [0.717, 1.165) is 39.0 Å². The molecule has 4 nitrogen and oxygen atoms in total. The zero-order valence-corrected chi connectivity index (χ0v) is 15.4. The smallest absolute Gasteiger partial charge is 0.410 e. The number of carbonyl (C=O) groups excluding carboxylic acids is 1. The first-order valence-corrected chi connectivity index (χ1v) is 9.13. The van der Waals surface area contributed by atoms with Gasteiger partial charge in [0.2, 0.25) is 0 Å². The van der Waals surface area contributed by atoms with Crippen LogP contribution in [0.5, 0.6) is 0 Å². The summed E-state index contributed by atoms with van der Waals surface area (Å²) in [7, 11) is 0. The number of piperidine rings is 1. The third-order valence-corrected chi connectivity index (χ3v) is 5.10. The van der Waals surface area contributed by atoms with Gasteiger partial charge < -0.3 is 9.64 Å². The van der Waals surface area contributed by atoms with Crippen LogP contribution in [0.2, 0.25) is 0 Å². The van der Waals surface area contributed by atoms with Crippen LogP contribution in [-0.4, -0.2) is 47.2 Å². The van der Waals surface area contributed by atoms with Crippen LogP contribution in [0.1, 0.15) is 57.6 Å². The van der Waals surface area contributed by atoms with E-state index in [2.05, 4.69) is 36.1 Å². The normalized spacial score (nSPS) is 23.0. The van der Waals surface area contributed by atoms with E-state index in [1.54, 1.807) is 0 Å². The highest BCUT2D eigenvalue weighted by atomic mass is 16.6. The number of hydrogen-bond donors (Lipinski definition) is 0. The van der Waals surface area contributed by atoms with Gasteiger partial charge in [-0.25, -0.2) is 4.79 Å². The first-order chi connectivity index (χ1) is 11.3. The van der Waals surface area contributed by atoms with E-state index < -0.39 is 5.60 Å². The van der Waals surface area contributed by atoms with E-state index in [4.69, 9.17) is 4.74 Å². The lowest BCUT2D eigenvalue weighted by molar-refractivity contribution is 0.0128. The molecule has 1 saturated heterocycles. The molecule has 0 bridgehead atoms. The monoisotopic (exact) mass is 330 g/mol. The largest absolute Gasteiger partial charge is 0.444 e. The fourth-order valence-electron chi connectivity index (χ4n) is 3.91. The first-order valence-electron chi connectivity index (χ1n) is 9.13. The van der Waals surface area contributed by atoms with Crippen LogP contribution in [0.4, 0.5) is 4.79 Å². The molecule has 1 aromatic rings. The number of ether oxygens (including phenoxy) is 1. The predicted molar refractivity (Wildman–Crippen MR) is 96.1 cm³/mol. The summed E-state index contributed by atoms with van der Waals surface area (Å²) >= 11 is 0. The van der Waals surface area contributed by atoms with Gasteiger partial charge in [-0.15, -0.1) is 0 Å². The molecule has 1 aromatic carbocycles. The Labute approximate surface area is 145 Å². The zero-order chi connectivity index (χ0) is 17.3. The van der Waals surface area contributed by atoms with Gasteiger partial charge in [-0.2, -0.15) is 0 Å². The van der Waals surface area contributed by atoms with Gasteiger partial charge in [0.15, 0.2) is 0 Å². The fraction of sp³-hybridized carbons (Fsp3) is 0.650. The van der Waals surface area contributed by atoms with Crippen LogP contribution in [0, 0.1) is 0 Å². The standard InChI is InChI=1S/C20H30N2O2/c1-15-13-22(14-16-7-5-6-8-18(15)16)17-9-11-21(12-10-17)19(23)24-20(2,3)4/h5-8,15,17H,9-14H2,1-4H3. The summed E-state index contributed by atoms with van der Waals surface area (Å²) in [5.74, 6) is 0.582. The second-order valence-corrected chi connectivity index (χ2v) is 8.23. The minimum Gasteiger partial charge on any atom is -0.444 e. The molecule has 0 aromatic heterocycles. The van der Waals surface area contributed by atoms with Crippen molar-refractivity contribution in [3.05, 3.63) is 35.4 Å². The molecule has 1 fully saturated rings. The number of amides is 1. The molecule has 0 spiro atoms. The molecule has 0 radical (unpaired) electrons. The van der Waals surface area contributed by atoms with Gasteiger partial charge in [0.1, 0.15) is 5.60 Å². The summed E-state index contributed by atoms with van der Waals surface area (Å²) in [6.45, 7) is 11.8. The van der Waals surface area contributed by atoms with Crippen molar-refractivity contribution >= 4 is 6.09 Å². The van der Waals surface area contributed by atoms with E-state index in [9.17, 15) is 4.79 Å². The number of benzene rings is 1. The van der Waals surface area contributed by atoms with Crippen LogP contribution in [0.15, 0.2) is 24.3 Å². The maximum Gasteiger partial charge on any atom is 0.410 e. The molecule has 4 heteroatoms. The Morgan fingerprint density at radius 2 is 1.83 bits per heavy atom. The SMILES string of the molecule is CC1CN(C2CCN(C(=O)OC(C)(C)C)CC2)Cc2ccccc21. The molecular formula is C20H30N2O2. The maximum absolute atomic E-state index is 12.2. The molecule has 1 atom stereocenters. The Bertz CT molecular complexity index is 586. The first kappa shape index (κ1) is 17.3. The van der Waals surface area contributed by atoms with Gasteiger partial charge in [0.05, 0.1) is 0 Å². The van der Waals surface area contributed by atoms with Crippen LogP contribution < -0.4 is 0 Å². The molecular weight excluding hydrogens is 300 g/mol. The highest BCUT2D eigenvalue weighted by molar-refractivity contribution is 5.68. The van der Waals surface area contributed by atoms with Crippen molar-refractivity contribution in [3.8, 4) is 0 Å². The van der Waals surface area contributed by atoms with Crippen LogP contribution in [0.25, 0.3) is 0 Å². The minimum atomic E-state index is -0.417. The zero-order valence-electron chi connectivity index (χ0n) is 15.4. The van der Waals surface area contributed by atoms with Crippen molar-refractivity contribution in [1.29, 1.82) is 0 Å². The summed E-state index contributed by atoms with van der Waals surface area (Å²) in [6.07, 6.45) is 1.90. The molecule has 24 heavy (non-hydrogen) atoms. The number of fused-ring (bicyclic) bond motifs is 1. The fourth-order valence-corrected chi connectivity index (χ4v) is 3.91. The molecule has 132 valence electrons. The van der Waals surface area contributed by atoms with E-state index in [1.807, 2.05) is 25.7 Å². The van der Waals surface area contributed by atoms with E-state index in [0.29, 0.717) is 12.0 Å². The van der Waals surface area contributed by atoms with Crippen molar-refractivity contribution in [3.63, 3.8) is 0 Å². The molecule has 0 saturated carbocycles. The van der Waals surface area contributed by atoms with Crippen molar-refractivity contribution in [2.45, 2.75) is 64.6 Å². The average molecular weight is 330 g/mol. The van der Waals surface area contributed by atoms with E-state index in [-0.39, 0.29) is 6.09 Å². The van der Waals surface area contributed by atoms with Crippen molar-refractivity contribution in [2.75, 3.05) is 19.6 Å². The Morgan fingerprint density at radius 3 is 2.50 bits per heavy atom. The summed E-state index contributed by atoms with van der Waals surface area (Å²) in [5, 5.41) is 0. The van der Waals surface area contributed by atoms with Crippen molar-refractivity contribution in [2.24, 2.45) is 0 Å². The molecule has 0 aliphatic carbocycles. The Balaban J connectivity index is 1.57. The van der Waals surface area contributed by atoms with Gasteiger partial charge in [0.25, 0.3) is 0 Å². The van der Waals surface area contributed by atoms with E-state index in [1.165, 1.54) is 11.1 Å². The van der Waals surface area contributed by atoms with Crippen LogP contribution in [-0.2, 0) is 11.3 Å². The number of rotatable bonds is 1. The van der Waals surface area contributed by atoms with Crippen LogP contribution in [0.3, 0.4) is 0 Å². The van der Waals surface area contributed by atoms with Gasteiger partial charge >= 0.3 is 6.09 Å². The Hall–Kier alpha value is -1.55. The summed E-state index contributed by atoms with van der Waals surface area (Å²) in [5.41, 5.74) is 2.55. The van der Waals surface area contributed by atoms with Gasteiger partial charge in [-0.3, -0.25) is 4.90 Å². The third kappa shape index (κ3) is 3.92. The van der Waals surface area contributed by atoms with E-state index >= 15 is 0 Å². The predicted octanol–water partition coefficient (Wildman–Crippen LogP) is 4.01. The topological polar surface area (TPSA) is 32.8 Å². The highest BCUT2D eigenvalue weighted by Crippen LogP contribution is 2.31. The van der Waals surface area contributed by atoms with Gasteiger partial charge in [0, 0.05) is 32.2 Å². The Morgan fingerprint density at radius 1 is 1.17 bits per heavy atom. The second-order valence-electron chi connectivity index (χ2n) is 8.23. The lowest BCUT2D eigenvalue weighted by atomic mass is 9.89. The number of likely N-dealkylation sites (tertiary alicyclic amines) is 1. The molecule has 2 aliphatic rings. The lowest BCUT2D eigenvalue weighted by Crippen LogP contribution is -2.49. The summed E-state index contributed by atoms with van der Waals surface area (Å²) in [6, 6.07) is 9.38. The molecule has 2 heterocycles. The summed E-state index contributed by atoms with van der Waals surface area (Å²) < 4.78 is 5.49. The number of carbonyl (C=O) groups is 1. The van der Waals surface area contributed by atoms with Crippen LogP contribution >= 0.6 is 0 Å². The molecule has 2 aliphatic heterocycles. The minimum absolute atomic E-state index is 0.168.